The molecule has 2 saturated heterocycles. The fraction of sp³-hybridized carbons (Fsp3) is 0.632. The van der Waals surface area contributed by atoms with E-state index in [1.807, 2.05) is 12.3 Å². The standard InChI is InChI=1S/C19H24N4O2/c1-2-7-20-15(3-1)11-23-8-6-16-14(10-23)12-24-17(16)9-18-21-22-19(25-18)13-4-5-13/h1-3,7,13-14,16-17H,4-6,8-12H2/t14-,16-,17-/m0/s1. The van der Waals surface area contributed by atoms with Crippen molar-refractivity contribution in [1.82, 2.24) is 20.1 Å². The highest BCUT2D eigenvalue weighted by Crippen LogP contribution is 2.40. The van der Waals surface area contributed by atoms with Gasteiger partial charge in [0.05, 0.1) is 24.8 Å². The number of aromatic nitrogens is 3. The number of pyridine rings is 1. The molecule has 3 atom stereocenters. The van der Waals surface area contributed by atoms with Gasteiger partial charge in [0.25, 0.3) is 0 Å². The van der Waals surface area contributed by atoms with Crippen LogP contribution in [0.5, 0.6) is 0 Å². The number of likely N-dealkylation sites (tertiary alicyclic amines) is 1. The third kappa shape index (κ3) is 3.33. The predicted octanol–water partition coefficient (Wildman–Crippen LogP) is 2.42. The zero-order valence-electron chi connectivity index (χ0n) is 14.4. The van der Waals surface area contributed by atoms with E-state index in [-0.39, 0.29) is 6.10 Å². The molecule has 0 unspecified atom stereocenters. The first-order valence-corrected chi connectivity index (χ1v) is 9.41. The van der Waals surface area contributed by atoms with Crippen LogP contribution in [0.15, 0.2) is 28.8 Å². The molecule has 0 N–H and O–H groups in total. The Hall–Kier alpha value is -1.79. The Morgan fingerprint density at radius 2 is 2.12 bits per heavy atom. The molecule has 2 aliphatic heterocycles. The molecule has 1 saturated carbocycles. The smallest absolute Gasteiger partial charge is 0.219 e. The normalized spacial score (nSPS) is 29.7. The molecule has 0 spiro atoms. The fourth-order valence-electron chi connectivity index (χ4n) is 4.25. The van der Waals surface area contributed by atoms with Gasteiger partial charge in [-0.15, -0.1) is 10.2 Å². The zero-order chi connectivity index (χ0) is 16.6. The van der Waals surface area contributed by atoms with Gasteiger partial charge >= 0.3 is 0 Å². The highest BCUT2D eigenvalue weighted by Gasteiger charge is 2.41. The van der Waals surface area contributed by atoms with Crippen LogP contribution in [0.3, 0.4) is 0 Å². The average molecular weight is 340 g/mol. The Balaban J connectivity index is 1.18. The summed E-state index contributed by atoms with van der Waals surface area (Å²) >= 11 is 0. The van der Waals surface area contributed by atoms with Gasteiger partial charge in [-0.05, 0) is 43.9 Å². The van der Waals surface area contributed by atoms with Crippen molar-refractivity contribution in [3.63, 3.8) is 0 Å². The van der Waals surface area contributed by atoms with Gasteiger partial charge in [0, 0.05) is 31.1 Å². The zero-order valence-corrected chi connectivity index (χ0v) is 14.4. The van der Waals surface area contributed by atoms with Gasteiger partial charge in [0.2, 0.25) is 11.8 Å². The molecule has 6 nitrogen and oxygen atoms in total. The van der Waals surface area contributed by atoms with Crippen LogP contribution in [0.25, 0.3) is 0 Å². The van der Waals surface area contributed by atoms with Gasteiger partial charge in [-0.2, -0.15) is 0 Å². The van der Waals surface area contributed by atoms with Crippen molar-refractivity contribution < 1.29 is 9.15 Å². The Labute approximate surface area is 147 Å². The maximum Gasteiger partial charge on any atom is 0.219 e. The molecular weight excluding hydrogens is 316 g/mol. The molecule has 3 fully saturated rings. The van der Waals surface area contributed by atoms with E-state index in [1.165, 1.54) is 19.3 Å². The summed E-state index contributed by atoms with van der Waals surface area (Å²) in [6.07, 6.45) is 6.43. The maximum absolute atomic E-state index is 6.12. The summed E-state index contributed by atoms with van der Waals surface area (Å²) in [4.78, 5) is 6.96. The van der Waals surface area contributed by atoms with E-state index < -0.39 is 0 Å². The third-order valence-corrected chi connectivity index (χ3v) is 5.78. The van der Waals surface area contributed by atoms with E-state index in [4.69, 9.17) is 9.15 Å². The fourth-order valence-corrected chi connectivity index (χ4v) is 4.25. The molecule has 5 rings (SSSR count). The molecule has 25 heavy (non-hydrogen) atoms. The van der Waals surface area contributed by atoms with Crippen molar-refractivity contribution in [2.45, 2.75) is 44.2 Å². The molecule has 1 aliphatic carbocycles. The van der Waals surface area contributed by atoms with Crippen molar-refractivity contribution in [2.75, 3.05) is 19.7 Å². The Kier molecular flexibility index (Phi) is 4.02. The Bertz CT molecular complexity index is 715. The van der Waals surface area contributed by atoms with Gasteiger partial charge in [0.1, 0.15) is 0 Å². The molecular formula is C19H24N4O2. The minimum absolute atomic E-state index is 0.231. The number of ether oxygens (including phenoxy) is 1. The summed E-state index contributed by atoms with van der Waals surface area (Å²) in [6.45, 7) is 3.98. The predicted molar refractivity (Wildman–Crippen MR) is 90.8 cm³/mol. The molecule has 3 aliphatic rings. The molecule has 0 radical (unpaired) electrons. The van der Waals surface area contributed by atoms with Crippen LogP contribution in [-0.4, -0.2) is 45.9 Å². The molecule has 2 aromatic rings. The number of nitrogens with zero attached hydrogens (tertiary/aromatic N) is 4. The highest BCUT2D eigenvalue weighted by molar-refractivity contribution is 5.04. The van der Waals surface area contributed by atoms with Crippen LogP contribution in [0, 0.1) is 11.8 Å². The second kappa shape index (κ2) is 6.50. The van der Waals surface area contributed by atoms with E-state index in [2.05, 4.69) is 32.2 Å². The van der Waals surface area contributed by atoms with Crippen molar-refractivity contribution in [3.05, 3.63) is 41.9 Å². The minimum atomic E-state index is 0.231. The Morgan fingerprint density at radius 1 is 1.16 bits per heavy atom. The summed E-state index contributed by atoms with van der Waals surface area (Å²) in [6, 6.07) is 6.13. The van der Waals surface area contributed by atoms with E-state index in [9.17, 15) is 0 Å². The summed E-state index contributed by atoms with van der Waals surface area (Å²) in [5.41, 5.74) is 1.15. The van der Waals surface area contributed by atoms with Gasteiger partial charge in [-0.1, -0.05) is 6.07 Å². The number of rotatable bonds is 5. The van der Waals surface area contributed by atoms with Gasteiger partial charge < -0.3 is 9.15 Å². The van der Waals surface area contributed by atoms with E-state index in [1.54, 1.807) is 0 Å². The highest BCUT2D eigenvalue weighted by atomic mass is 16.5. The van der Waals surface area contributed by atoms with Gasteiger partial charge in [0.15, 0.2) is 0 Å². The lowest BCUT2D eigenvalue weighted by molar-refractivity contribution is 0.0792. The number of piperidine rings is 1. The summed E-state index contributed by atoms with van der Waals surface area (Å²) in [5, 5.41) is 8.43. The van der Waals surface area contributed by atoms with Crippen molar-refractivity contribution in [2.24, 2.45) is 11.8 Å². The van der Waals surface area contributed by atoms with Crippen molar-refractivity contribution in [1.29, 1.82) is 0 Å². The van der Waals surface area contributed by atoms with Crippen molar-refractivity contribution >= 4 is 0 Å². The largest absolute Gasteiger partial charge is 0.425 e. The van der Waals surface area contributed by atoms with Crippen LogP contribution in [0.1, 0.15) is 42.7 Å². The monoisotopic (exact) mass is 340 g/mol. The van der Waals surface area contributed by atoms with Gasteiger partial charge in [-0.3, -0.25) is 9.88 Å². The first-order valence-electron chi connectivity index (χ1n) is 9.41. The average Bonchev–Trinajstić information content (AvgIpc) is 3.27. The lowest BCUT2D eigenvalue weighted by atomic mass is 9.83. The third-order valence-electron chi connectivity index (χ3n) is 5.78. The molecule has 4 heterocycles. The SMILES string of the molecule is c1ccc(CN2CC[C@H]3[C@H](CO[C@H]3Cc3nnc(C4CC4)o3)C2)nc1. The molecule has 2 aromatic heterocycles. The second-order valence-corrected chi connectivity index (χ2v) is 7.65. The van der Waals surface area contributed by atoms with E-state index in [0.29, 0.717) is 17.8 Å². The van der Waals surface area contributed by atoms with Gasteiger partial charge in [-0.25, -0.2) is 0 Å². The lowest BCUT2D eigenvalue weighted by Gasteiger charge is -2.35. The van der Waals surface area contributed by atoms with E-state index in [0.717, 1.165) is 50.1 Å². The Morgan fingerprint density at radius 3 is 2.96 bits per heavy atom. The van der Waals surface area contributed by atoms with Crippen molar-refractivity contribution in [3.8, 4) is 0 Å². The summed E-state index contributed by atoms with van der Waals surface area (Å²) < 4.78 is 11.9. The minimum Gasteiger partial charge on any atom is -0.425 e. The number of hydrogen-bond acceptors (Lipinski definition) is 6. The van der Waals surface area contributed by atoms with Crippen LogP contribution in [0.2, 0.25) is 0 Å². The summed E-state index contributed by atoms with van der Waals surface area (Å²) in [5.74, 6) is 3.32. The molecule has 0 bridgehead atoms. The first kappa shape index (κ1) is 15.5. The number of fused-ring (bicyclic) bond motifs is 1. The molecule has 0 aromatic carbocycles. The van der Waals surface area contributed by atoms with E-state index >= 15 is 0 Å². The molecule has 0 amide bonds. The first-order chi connectivity index (χ1) is 12.3. The van der Waals surface area contributed by atoms with Crippen LogP contribution in [-0.2, 0) is 17.7 Å². The van der Waals surface area contributed by atoms with Crippen LogP contribution >= 0.6 is 0 Å². The maximum atomic E-state index is 6.12. The second-order valence-electron chi connectivity index (χ2n) is 7.65. The van der Waals surface area contributed by atoms with Crippen LogP contribution < -0.4 is 0 Å². The topological polar surface area (TPSA) is 64.3 Å². The molecule has 6 heteroatoms. The molecule has 132 valence electrons. The summed E-state index contributed by atoms with van der Waals surface area (Å²) in [7, 11) is 0. The van der Waals surface area contributed by atoms with Crippen LogP contribution in [0.4, 0.5) is 0 Å². The number of hydrogen-bond donors (Lipinski definition) is 0. The lowest BCUT2D eigenvalue weighted by Crippen LogP contribution is -2.41. The quantitative estimate of drug-likeness (QED) is 0.833.